The van der Waals surface area contributed by atoms with Crippen molar-refractivity contribution in [3.05, 3.63) is 71.8 Å². The Hall–Kier alpha value is -2.66. The normalized spacial score (nSPS) is 18.2. The van der Waals surface area contributed by atoms with Crippen LogP contribution in [0.15, 0.2) is 60.7 Å². The first kappa shape index (κ1) is 15.6. The smallest absolute Gasteiger partial charge is 0.288 e. The van der Waals surface area contributed by atoms with Crippen molar-refractivity contribution in [3.63, 3.8) is 0 Å². The van der Waals surface area contributed by atoms with Gasteiger partial charge < -0.3 is 5.32 Å². The molecule has 1 aliphatic carbocycles. The molecule has 0 fully saturated rings. The number of hydrogen-bond acceptors (Lipinski definition) is 2. The molecule has 2 N–H and O–H groups in total. The highest BCUT2D eigenvalue weighted by Gasteiger charge is 2.43. The molecule has 0 saturated carbocycles. The predicted molar refractivity (Wildman–Crippen MR) is 107 cm³/mol. The van der Waals surface area contributed by atoms with Gasteiger partial charge in [-0.15, -0.1) is 5.43 Å². The van der Waals surface area contributed by atoms with Crippen LogP contribution in [0.25, 0.3) is 10.8 Å². The Labute approximate surface area is 159 Å². The van der Waals surface area contributed by atoms with Crippen LogP contribution in [0.1, 0.15) is 24.1 Å². The highest BCUT2D eigenvalue weighted by molar-refractivity contribution is 9.10. The number of nitrogens with one attached hydrogen (secondary N) is 2. The van der Waals surface area contributed by atoms with Gasteiger partial charge in [-0.2, -0.15) is 0 Å². The molecule has 0 saturated heterocycles. The van der Waals surface area contributed by atoms with Gasteiger partial charge in [0.15, 0.2) is 0 Å². The number of halogens is 1. The molecule has 5 rings (SSSR count). The van der Waals surface area contributed by atoms with E-state index in [1.165, 1.54) is 16.3 Å². The number of rotatable bonds is 2. The van der Waals surface area contributed by atoms with Gasteiger partial charge in [-0.25, -0.2) is 0 Å². The largest absolute Gasteiger partial charge is 0.364 e. The lowest BCUT2D eigenvalue weighted by Crippen LogP contribution is -2.43. The van der Waals surface area contributed by atoms with Crippen molar-refractivity contribution in [2.45, 2.75) is 17.8 Å². The lowest BCUT2D eigenvalue weighted by molar-refractivity contribution is -0.494. The van der Waals surface area contributed by atoms with Gasteiger partial charge in [0.05, 0.1) is 10.4 Å². The molecule has 3 aromatic rings. The minimum Gasteiger partial charge on any atom is -0.364 e. The molecule has 1 aliphatic heterocycles. The monoisotopic (exact) mass is 406 g/mol. The summed E-state index contributed by atoms with van der Waals surface area (Å²) >= 11 is 3.37. The van der Waals surface area contributed by atoms with E-state index in [0.29, 0.717) is 0 Å². The maximum atomic E-state index is 12.5. The molecule has 0 radical (unpaired) electrons. The number of hydrazone groups is 1. The second-order valence-corrected chi connectivity index (χ2v) is 8.03. The summed E-state index contributed by atoms with van der Waals surface area (Å²) in [5.41, 5.74) is 8.52. The Bertz CT molecular complexity index is 1100. The minimum atomic E-state index is -0.275. The van der Waals surface area contributed by atoms with Gasteiger partial charge in [0, 0.05) is 11.5 Å². The minimum absolute atomic E-state index is 0.0110. The van der Waals surface area contributed by atoms with Gasteiger partial charge in [0.1, 0.15) is 11.7 Å². The van der Waals surface area contributed by atoms with Crippen LogP contribution in [0.4, 0.5) is 11.4 Å². The average Bonchev–Trinajstić information content (AvgIpc) is 2.97. The summed E-state index contributed by atoms with van der Waals surface area (Å²) in [5.74, 6) is -0.0731. The molecule has 26 heavy (non-hydrogen) atoms. The van der Waals surface area contributed by atoms with Crippen LogP contribution >= 0.6 is 15.9 Å². The number of carbonyl (C=O) groups is 1. The summed E-state index contributed by atoms with van der Waals surface area (Å²) in [6.45, 7) is 1.83. The summed E-state index contributed by atoms with van der Waals surface area (Å²) in [4.78, 5) is 12.2. The summed E-state index contributed by atoms with van der Waals surface area (Å²) in [7, 11) is 0. The number of nitrogens with zero attached hydrogens (tertiary/aromatic N) is 1. The molecular weight excluding hydrogens is 390 g/mol. The Balaban J connectivity index is 1.82. The van der Waals surface area contributed by atoms with E-state index in [1.54, 1.807) is 0 Å². The van der Waals surface area contributed by atoms with E-state index in [2.05, 4.69) is 63.1 Å². The standard InChI is InChI=1S/C21H16BrN3O/c1-12(22)21(26)24-25-17-11-3-2-10-16(17)23-19-14-8-4-6-13-7-5-9-15(18(13)14)20(19)25/h2-12,19,23H,1H3/p+1. The van der Waals surface area contributed by atoms with E-state index in [4.69, 9.17) is 0 Å². The van der Waals surface area contributed by atoms with Crippen molar-refractivity contribution in [2.75, 3.05) is 5.32 Å². The number of alkyl halides is 1. The third kappa shape index (κ3) is 2.13. The number of benzene rings is 3. The molecule has 0 aromatic heterocycles. The molecule has 5 heteroatoms. The molecule has 0 bridgehead atoms. The van der Waals surface area contributed by atoms with Gasteiger partial charge in [0.2, 0.25) is 5.71 Å². The molecule has 4 nitrogen and oxygen atoms in total. The number of fused-ring (bicyclic) bond motifs is 4. The van der Waals surface area contributed by atoms with Crippen molar-refractivity contribution in [1.82, 2.24) is 5.43 Å². The van der Waals surface area contributed by atoms with Crippen molar-refractivity contribution >= 4 is 49.7 Å². The number of hydrogen-bond donors (Lipinski definition) is 2. The zero-order chi connectivity index (χ0) is 17.8. The topological polar surface area (TPSA) is 44.1 Å². The van der Waals surface area contributed by atoms with Gasteiger partial charge in [0.25, 0.3) is 11.6 Å². The van der Waals surface area contributed by atoms with Crippen LogP contribution in [0.2, 0.25) is 0 Å². The summed E-state index contributed by atoms with van der Waals surface area (Å²) in [6.07, 6.45) is 0. The third-order valence-electron chi connectivity index (χ3n) is 5.07. The first-order chi connectivity index (χ1) is 12.6. The van der Waals surface area contributed by atoms with Gasteiger partial charge in [-0.3, -0.25) is 4.79 Å². The van der Waals surface area contributed by atoms with Gasteiger partial charge in [-0.05, 0) is 30.0 Å². The van der Waals surface area contributed by atoms with E-state index in [0.717, 1.165) is 22.6 Å². The number of hydrazine groups is 1. The summed E-state index contributed by atoms with van der Waals surface area (Å²) in [6, 6.07) is 20.8. The molecule has 2 aliphatic rings. The van der Waals surface area contributed by atoms with E-state index >= 15 is 0 Å². The van der Waals surface area contributed by atoms with E-state index in [9.17, 15) is 4.79 Å². The van der Waals surface area contributed by atoms with E-state index in [-0.39, 0.29) is 16.8 Å². The maximum Gasteiger partial charge on any atom is 0.288 e. The first-order valence-corrected chi connectivity index (χ1v) is 9.56. The summed E-state index contributed by atoms with van der Waals surface area (Å²) in [5, 5.41) is 6.12. The fourth-order valence-electron chi connectivity index (χ4n) is 3.92. The van der Waals surface area contributed by atoms with E-state index < -0.39 is 0 Å². The fraction of sp³-hybridized carbons (Fsp3) is 0.143. The average molecular weight is 407 g/mol. The number of para-hydroxylation sites is 2. The predicted octanol–water partition coefficient (Wildman–Crippen LogP) is 4.27. The second kappa shape index (κ2) is 5.68. The summed E-state index contributed by atoms with van der Waals surface area (Å²) < 4.78 is 1.95. The van der Waals surface area contributed by atoms with Crippen LogP contribution < -0.4 is 10.7 Å². The molecule has 2 unspecified atom stereocenters. The Kier molecular flexibility index (Phi) is 3.40. The van der Waals surface area contributed by atoms with Crippen molar-refractivity contribution in [2.24, 2.45) is 0 Å². The van der Waals surface area contributed by atoms with Crippen LogP contribution in [0.3, 0.4) is 0 Å². The SMILES string of the molecule is CC(Br)C(=O)N[N+]1=C2c3cccc4cccc(c34)C2Nc2ccccc21. The lowest BCUT2D eigenvalue weighted by atomic mass is 10.0. The molecule has 3 aromatic carbocycles. The zero-order valence-corrected chi connectivity index (χ0v) is 15.7. The quantitative estimate of drug-likeness (QED) is 0.492. The van der Waals surface area contributed by atoms with Crippen LogP contribution in [0.5, 0.6) is 0 Å². The Morgan fingerprint density at radius 2 is 1.88 bits per heavy atom. The number of amides is 1. The molecule has 0 spiro atoms. The van der Waals surface area contributed by atoms with Crippen LogP contribution in [-0.4, -0.2) is 21.1 Å². The maximum absolute atomic E-state index is 12.5. The van der Waals surface area contributed by atoms with Gasteiger partial charge >= 0.3 is 0 Å². The molecule has 2 atom stereocenters. The first-order valence-electron chi connectivity index (χ1n) is 8.64. The third-order valence-corrected chi connectivity index (χ3v) is 5.48. The van der Waals surface area contributed by atoms with Crippen molar-refractivity contribution in [1.29, 1.82) is 0 Å². The number of carbonyl (C=O) groups excluding carboxylic acids is 1. The van der Waals surface area contributed by atoms with Crippen LogP contribution in [0, 0.1) is 0 Å². The molecular formula is C21H17BrN3O+. The lowest BCUT2D eigenvalue weighted by Gasteiger charge is -2.23. The molecule has 1 heterocycles. The van der Waals surface area contributed by atoms with Crippen molar-refractivity contribution < 1.29 is 9.48 Å². The van der Waals surface area contributed by atoms with Crippen molar-refractivity contribution in [3.8, 4) is 0 Å². The molecule has 128 valence electrons. The highest BCUT2D eigenvalue weighted by atomic mass is 79.9. The Morgan fingerprint density at radius 1 is 1.12 bits per heavy atom. The van der Waals surface area contributed by atoms with Gasteiger partial charge in [-0.1, -0.05) is 63.1 Å². The second-order valence-electron chi connectivity index (χ2n) is 6.66. The zero-order valence-electron chi connectivity index (χ0n) is 14.2. The Morgan fingerprint density at radius 3 is 2.69 bits per heavy atom. The van der Waals surface area contributed by atoms with E-state index in [1.807, 2.05) is 35.9 Å². The highest BCUT2D eigenvalue weighted by Crippen LogP contribution is 2.43. The number of anilines is 1. The molecule has 1 amide bonds. The van der Waals surface area contributed by atoms with Crippen LogP contribution in [-0.2, 0) is 4.79 Å². The fourth-order valence-corrected chi connectivity index (χ4v) is 4.02.